The largest absolute Gasteiger partial charge is 0.355 e. The summed E-state index contributed by atoms with van der Waals surface area (Å²) in [5.74, 6) is 1.00. The summed E-state index contributed by atoms with van der Waals surface area (Å²) in [6.45, 7) is 9.94. The van der Waals surface area contributed by atoms with Crippen LogP contribution in [0.1, 0.15) is 25.0 Å². The van der Waals surface area contributed by atoms with Crippen molar-refractivity contribution in [2.45, 2.75) is 26.8 Å². The van der Waals surface area contributed by atoms with Crippen molar-refractivity contribution in [3.8, 4) is 0 Å². The maximum Gasteiger partial charge on any atom is 0.219 e. The quantitative estimate of drug-likeness (QED) is 0.598. The highest BCUT2D eigenvalue weighted by Crippen LogP contribution is 2.08. The molecule has 0 spiro atoms. The van der Waals surface area contributed by atoms with Gasteiger partial charge in [0.2, 0.25) is 5.91 Å². The minimum absolute atomic E-state index is 0.176. The monoisotopic (exact) mass is 345 g/mol. The van der Waals surface area contributed by atoms with Gasteiger partial charge < -0.3 is 15.5 Å². The highest BCUT2D eigenvalue weighted by molar-refractivity contribution is 5.79. The van der Waals surface area contributed by atoms with Gasteiger partial charge in [0.1, 0.15) is 0 Å². The van der Waals surface area contributed by atoms with Crippen molar-refractivity contribution in [1.82, 2.24) is 20.4 Å². The summed E-state index contributed by atoms with van der Waals surface area (Å²) in [5, 5.41) is 6.76. The lowest BCUT2D eigenvalue weighted by atomic mass is 10.1. The number of carbonyl (C=O) groups is 1. The zero-order valence-electron chi connectivity index (χ0n) is 15.7. The Bertz CT molecular complexity index is 579. The number of nitrogens with zero attached hydrogens (tertiary/aromatic N) is 3. The highest BCUT2D eigenvalue weighted by Gasteiger charge is 2.17. The molecule has 6 nitrogen and oxygen atoms in total. The van der Waals surface area contributed by atoms with E-state index in [9.17, 15) is 4.79 Å². The number of piperazine rings is 1. The Morgan fingerprint density at radius 2 is 1.80 bits per heavy atom. The molecule has 1 amide bonds. The maximum absolute atomic E-state index is 11.4. The molecule has 1 saturated heterocycles. The first-order chi connectivity index (χ1) is 12.1. The number of guanidine groups is 1. The summed E-state index contributed by atoms with van der Waals surface area (Å²) in [6.07, 6.45) is 1.04. The molecule has 1 fully saturated rings. The second-order valence-corrected chi connectivity index (χ2v) is 6.32. The second-order valence-electron chi connectivity index (χ2n) is 6.32. The van der Waals surface area contributed by atoms with Crippen molar-refractivity contribution in [1.29, 1.82) is 0 Å². The average molecular weight is 345 g/mol. The van der Waals surface area contributed by atoms with E-state index >= 15 is 0 Å². The number of aryl methyl sites for hydroxylation is 1. The smallest absolute Gasteiger partial charge is 0.219 e. The van der Waals surface area contributed by atoms with Crippen molar-refractivity contribution in [3.05, 3.63) is 35.4 Å². The van der Waals surface area contributed by atoms with Crippen LogP contribution >= 0.6 is 0 Å². The Morgan fingerprint density at radius 1 is 1.12 bits per heavy atom. The maximum atomic E-state index is 11.4. The van der Waals surface area contributed by atoms with Crippen LogP contribution in [0.2, 0.25) is 0 Å². The number of nitrogens with one attached hydrogen (secondary N) is 2. The van der Waals surface area contributed by atoms with Gasteiger partial charge in [0.05, 0.1) is 0 Å². The molecule has 0 atom stereocenters. The number of benzene rings is 1. The summed E-state index contributed by atoms with van der Waals surface area (Å²) in [7, 11) is 1.80. The fraction of sp³-hybridized carbons (Fsp3) is 0.579. The van der Waals surface area contributed by atoms with Crippen molar-refractivity contribution >= 4 is 11.9 Å². The van der Waals surface area contributed by atoms with Crippen LogP contribution in [0.4, 0.5) is 0 Å². The molecule has 0 bridgehead atoms. The number of amides is 1. The van der Waals surface area contributed by atoms with Gasteiger partial charge in [-0.2, -0.15) is 0 Å². The van der Waals surface area contributed by atoms with E-state index in [1.54, 1.807) is 14.0 Å². The molecule has 1 aliphatic heterocycles. The Labute approximate surface area is 151 Å². The van der Waals surface area contributed by atoms with Crippen LogP contribution in [0, 0.1) is 0 Å². The topological polar surface area (TPSA) is 60.0 Å². The number of carbonyl (C=O) groups excluding carboxylic acids is 1. The van der Waals surface area contributed by atoms with Crippen LogP contribution in [-0.2, 0) is 17.8 Å². The lowest BCUT2D eigenvalue weighted by Crippen LogP contribution is -2.50. The summed E-state index contributed by atoms with van der Waals surface area (Å²) in [4.78, 5) is 19.9. The normalized spacial score (nSPS) is 16.0. The molecular formula is C19H31N5O. The lowest BCUT2D eigenvalue weighted by Gasteiger charge is -2.34. The van der Waals surface area contributed by atoms with Crippen LogP contribution in [0.5, 0.6) is 0 Å². The third kappa shape index (κ3) is 6.05. The molecule has 138 valence electrons. The number of hydrogen-bond donors (Lipinski definition) is 2. The molecule has 6 heteroatoms. The molecule has 0 aliphatic carbocycles. The van der Waals surface area contributed by atoms with E-state index in [-0.39, 0.29) is 5.91 Å². The first-order valence-corrected chi connectivity index (χ1v) is 9.13. The third-order valence-corrected chi connectivity index (χ3v) is 4.71. The number of rotatable bonds is 6. The fourth-order valence-corrected chi connectivity index (χ4v) is 3.09. The summed E-state index contributed by atoms with van der Waals surface area (Å²) < 4.78 is 0. The summed E-state index contributed by atoms with van der Waals surface area (Å²) >= 11 is 0. The SMILES string of the molecule is CCc1ccccc1CNC(=NC)NCCN1CCN(C(C)=O)CC1. The zero-order chi connectivity index (χ0) is 18.1. The van der Waals surface area contributed by atoms with Gasteiger partial charge in [-0.15, -0.1) is 0 Å². The lowest BCUT2D eigenvalue weighted by molar-refractivity contribution is -0.130. The molecular weight excluding hydrogens is 314 g/mol. The van der Waals surface area contributed by atoms with Crippen molar-refractivity contribution in [3.63, 3.8) is 0 Å². The molecule has 1 heterocycles. The molecule has 0 radical (unpaired) electrons. The van der Waals surface area contributed by atoms with Crippen LogP contribution < -0.4 is 10.6 Å². The molecule has 1 aromatic rings. The first kappa shape index (κ1) is 19.2. The summed E-state index contributed by atoms with van der Waals surface area (Å²) in [5.41, 5.74) is 2.68. The molecule has 25 heavy (non-hydrogen) atoms. The predicted molar refractivity (Wildman–Crippen MR) is 103 cm³/mol. The fourth-order valence-electron chi connectivity index (χ4n) is 3.09. The van der Waals surface area contributed by atoms with Crippen LogP contribution in [0.25, 0.3) is 0 Å². The molecule has 1 aliphatic rings. The van der Waals surface area contributed by atoms with Crippen molar-refractivity contribution in [2.75, 3.05) is 46.3 Å². The van der Waals surface area contributed by atoms with E-state index in [1.807, 2.05) is 4.90 Å². The van der Waals surface area contributed by atoms with E-state index in [4.69, 9.17) is 0 Å². The van der Waals surface area contributed by atoms with Crippen LogP contribution in [0.3, 0.4) is 0 Å². The standard InChI is InChI=1S/C19H31N5O/c1-4-17-7-5-6-8-18(17)15-22-19(20-3)21-9-10-23-11-13-24(14-12-23)16(2)25/h5-8H,4,9-15H2,1-3H3,(H2,20,21,22). The molecule has 0 saturated carbocycles. The van der Waals surface area contributed by atoms with Gasteiger partial charge in [-0.25, -0.2) is 0 Å². The molecule has 0 aromatic heterocycles. The van der Waals surface area contributed by atoms with Gasteiger partial charge >= 0.3 is 0 Å². The number of hydrogen-bond acceptors (Lipinski definition) is 3. The average Bonchev–Trinajstić information content (AvgIpc) is 2.65. The minimum atomic E-state index is 0.176. The third-order valence-electron chi connectivity index (χ3n) is 4.71. The van der Waals surface area contributed by atoms with Gasteiger partial charge in [-0.05, 0) is 17.5 Å². The Hall–Kier alpha value is -2.08. The van der Waals surface area contributed by atoms with Crippen molar-refractivity contribution < 1.29 is 4.79 Å². The molecule has 0 unspecified atom stereocenters. The molecule has 2 rings (SSSR count). The Kier molecular flexibility index (Phi) is 7.73. The van der Waals surface area contributed by atoms with E-state index in [0.717, 1.165) is 58.2 Å². The highest BCUT2D eigenvalue weighted by atomic mass is 16.2. The Balaban J connectivity index is 1.70. The van der Waals surface area contributed by atoms with Crippen LogP contribution in [0.15, 0.2) is 29.3 Å². The van der Waals surface area contributed by atoms with Gasteiger partial charge in [-0.3, -0.25) is 14.7 Å². The number of aliphatic imine (C=N–C) groups is 1. The van der Waals surface area contributed by atoms with E-state index < -0.39 is 0 Å². The van der Waals surface area contributed by atoms with Crippen LogP contribution in [-0.4, -0.2) is 68.0 Å². The van der Waals surface area contributed by atoms with Gasteiger partial charge in [0, 0.05) is 59.8 Å². The summed E-state index contributed by atoms with van der Waals surface area (Å²) in [6, 6.07) is 8.50. The van der Waals surface area contributed by atoms with Crippen molar-refractivity contribution in [2.24, 2.45) is 4.99 Å². The molecule has 2 N–H and O–H groups in total. The van der Waals surface area contributed by atoms with Gasteiger partial charge in [-0.1, -0.05) is 31.2 Å². The predicted octanol–water partition coefficient (Wildman–Crippen LogP) is 1.08. The minimum Gasteiger partial charge on any atom is -0.355 e. The van der Waals surface area contributed by atoms with Gasteiger partial charge in [0.15, 0.2) is 5.96 Å². The van der Waals surface area contributed by atoms with E-state index in [1.165, 1.54) is 11.1 Å². The molecule has 1 aromatic carbocycles. The van der Waals surface area contributed by atoms with E-state index in [2.05, 4.69) is 51.7 Å². The van der Waals surface area contributed by atoms with Gasteiger partial charge in [0.25, 0.3) is 0 Å². The zero-order valence-corrected chi connectivity index (χ0v) is 15.7. The Morgan fingerprint density at radius 3 is 2.40 bits per heavy atom. The first-order valence-electron chi connectivity index (χ1n) is 9.13. The van der Waals surface area contributed by atoms with E-state index in [0.29, 0.717) is 0 Å². The second kappa shape index (κ2) is 10.0.